The molecule has 2 aromatic rings. The second-order valence-corrected chi connectivity index (χ2v) is 3.87. The smallest absolute Gasteiger partial charge is 0.259 e. The molecule has 0 radical (unpaired) electrons. The molecule has 0 aliphatic carbocycles. The fraction of sp³-hybridized carbons (Fsp3) is 0.143. The SMILES string of the molecule is C=CCN(Cc1ccccc1)C(=O)c1cnoc1. The molecule has 0 aliphatic rings. The molecule has 0 spiro atoms. The number of hydrogen-bond donors (Lipinski definition) is 0. The van der Waals surface area contributed by atoms with Gasteiger partial charge in [0.15, 0.2) is 0 Å². The lowest BCUT2D eigenvalue weighted by molar-refractivity contribution is 0.0762. The van der Waals surface area contributed by atoms with Gasteiger partial charge in [-0.05, 0) is 5.56 Å². The minimum absolute atomic E-state index is 0.111. The maximum absolute atomic E-state index is 12.2. The summed E-state index contributed by atoms with van der Waals surface area (Å²) in [7, 11) is 0. The van der Waals surface area contributed by atoms with E-state index in [2.05, 4.69) is 11.7 Å². The number of nitrogens with zero attached hydrogens (tertiary/aromatic N) is 2. The van der Waals surface area contributed by atoms with Crippen molar-refractivity contribution in [3.8, 4) is 0 Å². The van der Waals surface area contributed by atoms with Crippen LogP contribution in [0, 0.1) is 0 Å². The van der Waals surface area contributed by atoms with Crippen LogP contribution in [-0.4, -0.2) is 22.5 Å². The zero-order valence-electron chi connectivity index (χ0n) is 9.95. The molecule has 4 nitrogen and oxygen atoms in total. The van der Waals surface area contributed by atoms with Crippen LogP contribution in [0.1, 0.15) is 15.9 Å². The summed E-state index contributed by atoms with van der Waals surface area (Å²) in [6.45, 7) is 4.70. The highest BCUT2D eigenvalue weighted by molar-refractivity contribution is 5.93. The summed E-state index contributed by atoms with van der Waals surface area (Å²) < 4.78 is 4.69. The molecule has 1 heterocycles. The minimum atomic E-state index is -0.111. The quantitative estimate of drug-likeness (QED) is 0.757. The lowest BCUT2D eigenvalue weighted by Gasteiger charge is -2.20. The molecule has 1 aromatic carbocycles. The number of carbonyl (C=O) groups is 1. The molecular weight excluding hydrogens is 228 g/mol. The zero-order valence-corrected chi connectivity index (χ0v) is 9.95. The molecule has 0 saturated carbocycles. The summed E-state index contributed by atoms with van der Waals surface area (Å²) in [5, 5.41) is 3.54. The van der Waals surface area contributed by atoms with Gasteiger partial charge < -0.3 is 9.42 Å². The first kappa shape index (κ1) is 12.1. The van der Waals surface area contributed by atoms with Gasteiger partial charge in [-0.2, -0.15) is 0 Å². The van der Waals surface area contributed by atoms with Crippen molar-refractivity contribution >= 4 is 5.91 Å². The highest BCUT2D eigenvalue weighted by Crippen LogP contribution is 2.09. The van der Waals surface area contributed by atoms with Crippen LogP contribution in [0.15, 0.2) is 60.0 Å². The molecule has 0 bridgehead atoms. The first-order chi connectivity index (χ1) is 8.81. The second kappa shape index (κ2) is 5.82. The second-order valence-electron chi connectivity index (χ2n) is 3.87. The Bertz CT molecular complexity index is 506. The summed E-state index contributed by atoms with van der Waals surface area (Å²) >= 11 is 0. The third-order valence-electron chi connectivity index (χ3n) is 2.53. The van der Waals surface area contributed by atoms with E-state index in [1.54, 1.807) is 11.0 Å². The van der Waals surface area contributed by atoms with E-state index in [1.165, 1.54) is 12.5 Å². The number of aromatic nitrogens is 1. The van der Waals surface area contributed by atoms with Gasteiger partial charge in [0.05, 0.1) is 11.8 Å². The Kier molecular flexibility index (Phi) is 3.91. The topological polar surface area (TPSA) is 46.3 Å². The van der Waals surface area contributed by atoms with E-state index in [1.807, 2.05) is 30.3 Å². The summed E-state index contributed by atoms with van der Waals surface area (Å²) in [6, 6.07) is 9.81. The van der Waals surface area contributed by atoms with Crippen molar-refractivity contribution in [2.24, 2.45) is 0 Å². The Morgan fingerprint density at radius 3 is 2.78 bits per heavy atom. The maximum Gasteiger partial charge on any atom is 0.259 e. The van der Waals surface area contributed by atoms with Crippen molar-refractivity contribution in [2.45, 2.75) is 6.54 Å². The molecule has 4 heteroatoms. The summed E-state index contributed by atoms with van der Waals surface area (Å²) in [4.78, 5) is 13.9. The van der Waals surface area contributed by atoms with Gasteiger partial charge in [0.25, 0.3) is 5.91 Å². The molecule has 0 N–H and O–H groups in total. The third-order valence-corrected chi connectivity index (χ3v) is 2.53. The summed E-state index contributed by atoms with van der Waals surface area (Å²) in [6.07, 6.45) is 4.47. The van der Waals surface area contributed by atoms with E-state index < -0.39 is 0 Å². The number of hydrogen-bond acceptors (Lipinski definition) is 3. The van der Waals surface area contributed by atoms with Crippen LogP contribution in [0.4, 0.5) is 0 Å². The van der Waals surface area contributed by atoms with E-state index in [4.69, 9.17) is 4.52 Å². The normalized spacial score (nSPS) is 10.0. The Labute approximate surface area is 106 Å². The third kappa shape index (κ3) is 2.85. The van der Waals surface area contributed by atoms with Gasteiger partial charge in [-0.15, -0.1) is 6.58 Å². The van der Waals surface area contributed by atoms with E-state index in [0.29, 0.717) is 18.7 Å². The Morgan fingerprint density at radius 1 is 1.39 bits per heavy atom. The molecule has 2 rings (SSSR count). The molecule has 18 heavy (non-hydrogen) atoms. The fourth-order valence-corrected chi connectivity index (χ4v) is 1.67. The van der Waals surface area contributed by atoms with Crippen molar-refractivity contribution in [2.75, 3.05) is 6.54 Å². The molecule has 0 saturated heterocycles. The van der Waals surface area contributed by atoms with Gasteiger partial charge >= 0.3 is 0 Å². The number of rotatable bonds is 5. The van der Waals surface area contributed by atoms with Gasteiger partial charge in [0.2, 0.25) is 0 Å². The lowest BCUT2D eigenvalue weighted by Crippen LogP contribution is -2.30. The molecule has 0 aliphatic heterocycles. The van der Waals surface area contributed by atoms with E-state index in [0.717, 1.165) is 5.56 Å². The van der Waals surface area contributed by atoms with E-state index in [9.17, 15) is 4.79 Å². The lowest BCUT2D eigenvalue weighted by atomic mass is 10.2. The molecule has 0 unspecified atom stereocenters. The average molecular weight is 242 g/mol. The van der Waals surface area contributed by atoms with Crippen LogP contribution in [-0.2, 0) is 6.54 Å². The molecular formula is C14H14N2O2. The number of benzene rings is 1. The highest BCUT2D eigenvalue weighted by atomic mass is 16.5. The van der Waals surface area contributed by atoms with Crippen molar-refractivity contribution < 1.29 is 9.32 Å². The van der Waals surface area contributed by atoms with Crippen LogP contribution in [0.25, 0.3) is 0 Å². The predicted octanol–water partition coefficient (Wildman–Crippen LogP) is 2.50. The van der Waals surface area contributed by atoms with Crippen LogP contribution in [0.3, 0.4) is 0 Å². The van der Waals surface area contributed by atoms with Crippen molar-refractivity contribution in [3.05, 3.63) is 66.6 Å². The van der Waals surface area contributed by atoms with Crippen LogP contribution in [0.5, 0.6) is 0 Å². The molecule has 92 valence electrons. The van der Waals surface area contributed by atoms with Gasteiger partial charge in [-0.25, -0.2) is 0 Å². The monoisotopic (exact) mass is 242 g/mol. The number of amides is 1. The molecule has 1 aromatic heterocycles. The fourth-order valence-electron chi connectivity index (χ4n) is 1.67. The predicted molar refractivity (Wildman–Crippen MR) is 67.9 cm³/mol. The molecule has 0 atom stereocenters. The van der Waals surface area contributed by atoms with Crippen LogP contribution >= 0.6 is 0 Å². The highest BCUT2D eigenvalue weighted by Gasteiger charge is 2.16. The Balaban J connectivity index is 2.13. The first-order valence-corrected chi connectivity index (χ1v) is 5.64. The van der Waals surface area contributed by atoms with Gasteiger partial charge in [-0.1, -0.05) is 41.6 Å². The van der Waals surface area contributed by atoms with Gasteiger partial charge in [0, 0.05) is 13.1 Å². The largest absolute Gasteiger partial charge is 0.364 e. The molecule has 0 fully saturated rings. The van der Waals surface area contributed by atoms with Gasteiger partial charge in [-0.3, -0.25) is 4.79 Å². The Hall–Kier alpha value is -2.36. The van der Waals surface area contributed by atoms with Crippen LogP contribution < -0.4 is 0 Å². The zero-order chi connectivity index (χ0) is 12.8. The summed E-state index contributed by atoms with van der Waals surface area (Å²) in [5.74, 6) is -0.111. The first-order valence-electron chi connectivity index (χ1n) is 5.64. The maximum atomic E-state index is 12.2. The van der Waals surface area contributed by atoms with Crippen LogP contribution in [0.2, 0.25) is 0 Å². The Morgan fingerprint density at radius 2 is 2.17 bits per heavy atom. The summed E-state index contributed by atoms with van der Waals surface area (Å²) in [5.41, 5.74) is 1.52. The standard InChI is InChI=1S/C14H14N2O2/c1-2-8-16(10-12-6-4-3-5-7-12)14(17)13-9-15-18-11-13/h2-7,9,11H,1,8,10H2. The van der Waals surface area contributed by atoms with E-state index in [-0.39, 0.29) is 5.91 Å². The number of carbonyl (C=O) groups excluding carboxylic acids is 1. The van der Waals surface area contributed by atoms with Gasteiger partial charge in [0.1, 0.15) is 6.26 Å². The molecule has 1 amide bonds. The minimum Gasteiger partial charge on any atom is -0.364 e. The average Bonchev–Trinajstić information content (AvgIpc) is 2.92. The van der Waals surface area contributed by atoms with Crippen molar-refractivity contribution in [3.63, 3.8) is 0 Å². The van der Waals surface area contributed by atoms with Crippen molar-refractivity contribution in [1.82, 2.24) is 10.1 Å². The van der Waals surface area contributed by atoms with Crippen molar-refractivity contribution in [1.29, 1.82) is 0 Å². The van der Waals surface area contributed by atoms with E-state index >= 15 is 0 Å².